The predicted molar refractivity (Wildman–Crippen MR) is 124 cm³/mol. The molecule has 2 aromatic carbocycles. The highest BCUT2D eigenvalue weighted by Crippen LogP contribution is 2.37. The fraction of sp³-hybridized carbons (Fsp3) is 0.192. The van der Waals surface area contributed by atoms with Crippen LogP contribution < -0.4 is 4.74 Å². The largest absolute Gasteiger partial charge is 0.437 e. The molecule has 1 aliphatic rings. The van der Waals surface area contributed by atoms with E-state index in [1.807, 2.05) is 30.3 Å². The number of aromatic nitrogens is 4. The van der Waals surface area contributed by atoms with Gasteiger partial charge in [-0.25, -0.2) is 15.0 Å². The molecule has 1 N–H and O–H groups in total. The van der Waals surface area contributed by atoms with Crippen LogP contribution in [0.5, 0.6) is 11.6 Å². The highest BCUT2D eigenvalue weighted by Gasteiger charge is 2.29. The van der Waals surface area contributed by atoms with E-state index in [0.29, 0.717) is 29.0 Å². The number of allylic oxidation sites excluding steroid dienone is 2. The lowest BCUT2D eigenvalue weighted by molar-refractivity contribution is -0.114. The molecule has 0 saturated carbocycles. The number of H-pyrrole nitrogens is 1. The van der Waals surface area contributed by atoms with Gasteiger partial charge in [-0.2, -0.15) is 0 Å². The summed E-state index contributed by atoms with van der Waals surface area (Å²) in [5.41, 5.74) is 2.89. The molecule has 0 atom stereocenters. The first-order chi connectivity index (χ1) is 15.9. The molecule has 0 spiro atoms. The number of imidazole rings is 1. The molecule has 2 heterocycles. The Labute approximate surface area is 190 Å². The highest BCUT2D eigenvalue weighted by atomic mass is 16.5. The summed E-state index contributed by atoms with van der Waals surface area (Å²) in [4.78, 5) is 41.5. The summed E-state index contributed by atoms with van der Waals surface area (Å²) in [5, 5.41) is 0. The Kier molecular flexibility index (Phi) is 5.09. The molecule has 5 rings (SSSR count). The smallest absolute Gasteiger partial charge is 0.246 e. The van der Waals surface area contributed by atoms with Crippen molar-refractivity contribution in [2.45, 2.75) is 26.7 Å². The van der Waals surface area contributed by atoms with E-state index in [1.54, 1.807) is 30.5 Å². The lowest BCUT2D eigenvalue weighted by atomic mass is 9.78. The molecule has 164 valence electrons. The van der Waals surface area contributed by atoms with Crippen molar-refractivity contribution in [2.75, 3.05) is 0 Å². The van der Waals surface area contributed by atoms with Crippen LogP contribution in [0.25, 0.3) is 16.6 Å². The van der Waals surface area contributed by atoms with Gasteiger partial charge in [0.05, 0.1) is 11.0 Å². The molecule has 0 amide bonds. The summed E-state index contributed by atoms with van der Waals surface area (Å²) in [7, 11) is 0. The van der Waals surface area contributed by atoms with Crippen molar-refractivity contribution in [2.24, 2.45) is 5.41 Å². The first kappa shape index (κ1) is 20.8. The first-order valence-corrected chi connectivity index (χ1v) is 10.7. The zero-order valence-corrected chi connectivity index (χ0v) is 18.3. The standard InChI is InChI=1S/C26H22N4O3/c1-26(2)12-11-21(31)18(15-26)22-25(28-14-13-27-22)33-17-9-7-16(8-10-17)23(32)24-29-19-5-3-4-6-20(19)30-24/h3-10,13-15H,11-12H2,1-2H3,(H,29,30). The summed E-state index contributed by atoms with van der Waals surface area (Å²) in [6.07, 6.45) is 6.29. The number of nitrogens with zero attached hydrogens (tertiary/aromatic N) is 3. The Morgan fingerprint density at radius 1 is 1.03 bits per heavy atom. The van der Waals surface area contributed by atoms with Crippen LogP contribution in [0.4, 0.5) is 0 Å². The minimum Gasteiger partial charge on any atom is -0.437 e. The molecule has 0 radical (unpaired) electrons. The fourth-order valence-corrected chi connectivity index (χ4v) is 3.88. The Morgan fingerprint density at radius 2 is 1.79 bits per heavy atom. The molecule has 0 aliphatic heterocycles. The van der Waals surface area contributed by atoms with Gasteiger partial charge in [0.1, 0.15) is 11.4 Å². The summed E-state index contributed by atoms with van der Waals surface area (Å²) in [6.45, 7) is 4.18. The van der Waals surface area contributed by atoms with Crippen molar-refractivity contribution in [3.05, 3.63) is 84.1 Å². The number of ketones is 2. The normalized spacial score (nSPS) is 15.3. The number of carbonyl (C=O) groups excluding carboxylic acids is 2. The maximum Gasteiger partial charge on any atom is 0.246 e. The zero-order valence-electron chi connectivity index (χ0n) is 18.3. The SMILES string of the molecule is CC1(C)C=C(c2nccnc2Oc2ccc(C(=O)c3nc4ccccc4[nH]3)cc2)C(=O)CC1. The average Bonchev–Trinajstić information content (AvgIpc) is 3.26. The Bertz CT molecular complexity index is 1370. The topological polar surface area (TPSA) is 97.8 Å². The van der Waals surface area contributed by atoms with Crippen molar-refractivity contribution >= 4 is 28.2 Å². The number of ether oxygens (including phenoxy) is 1. The number of rotatable bonds is 5. The molecule has 7 nitrogen and oxygen atoms in total. The molecule has 2 aromatic heterocycles. The number of carbonyl (C=O) groups is 2. The van der Waals surface area contributed by atoms with Crippen LogP contribution in [-0.2, 0) is 4.79 Å². The van der Waals surface area contributed by atoms with Gasteiger partial charge in [-0.15, -0.1) is 0 Å². The second kappa shape index (κ2) is 8.09. The molecular formula is C26H22N4O3. The van der Waals surface area contributed by atoms with E-state index < -0.39 is 0 Å². The summed E-state index contributed by atoms with van der Waals surface area (Å²) < 4.78 is 5.97. The van der Waals surface area contributed by atoms with Gasteiger partial charge in [0.25, 0.3) is 0 Å². The van der Waals surface area contributed by atoms with Crippen LogP contribution in [0.15, 0.2) is 67.0 Å². The van der Waals surface area contributed by atoms with E-state index in [9.17, 15) is 9.59 Å². The molecule has 0 bridgehead atoms. The third-order valence-electron chi connectivity index (χ3n) is 5.69. The van der Waals surface area contributed by atoms with E-state index in [4.69, 9.17) is 4.74 Å². The second-order valence-corrected chi connectivity index (χ2v) is 8.74. The van der Waals surface area contributed by atoms with Crippen LogP contribution in [0.2, 0.25) is 0 Å². The molecule has 4 aromatic rings. The van der Waals surface area contributed by atoms with Crippen molar-refractivity contribution in [1.29, 1.82) is 0 Å². The Hall–Kier alpha value is -4.13. The van der Waals surface area contributed by atoms with Gasteiger partial charge in [0, 0.05) is 30.0 Å². The Morgan fingerprint density at radius 3 is 2.58 bits per heavy atom. The maximum absolute atomic E-state index is 12.8. The van der Waals surface area contributed by atoms with Crippen molar-refractivity contribution < 1.29 is 14.3 Å². The van der Waals surface area contributed by atoms with Crippen LogP contribution in [0.1, 0.15) is 48.6 Å². The van der Waals surface area contributed by atoms with Crippen LogP contribution >= 0.6 is 0 Å². The van der Waals surface area contributed by atoms with Gasteiger partial charge >= 0.3 is 0 Å². The molecule has 0 saturated heterocycles. The van der Waals surface area contributed by atoms with Crippen molar-refractivity contribution in [3.8, 4) is 11.6 Å². The van der Waals surface area contributed by atoms with Crippen LogP contribution in [0, 0.1) is 5.41 Å². The minimum absolute atomic E-state index is 0.0338. The number of fused-ring (bicyclic) bond motifs is 1. The quantitative estimate of drug-likeness (QED) is 0.433. The lowest BCUT2D eigenvalue weighted by Gasteiger charge is -2.26. The number of benzene rings is 2. The summed E-state index contributed by atoms with van der Waals surface area (Å²) >= 11 is 0. The first-order valence-electron chi connectivity index (χ1n) is 10.7. The molecule has 7 heteroatoms. The number of para-hydroxylation sites is 2. The zero-order chi connectivity index (χ0) is 23.0. The number of nitrogens with one attached hydrogen (secondary N) is 1. The summed E-state index contributed by atoms with van der Waals surface area (Å²) in [5.74, 6) is 0.850. The van der Waals surface area contributed by atoms with E-state index in [2.05, 4.69) is 33.8 Å². The number of aromatic amines is 1. The van der Waals surface area contributed by atoms with Crippen LogP contribution in [0.3, 0.4) is 0 Å². The number of Topliss-reactive ketones (excluding diaryl/α,β-unsaturated/α-hetero) is 1. The molecular weight excluding hydrogens is 416 g/mol. The van der Waals surface area contributed by atoms with Gasteiger partial charge in [-0.05, 0) is 48.2 Å². The fourth-order valence-electron chi connectivity index (χ4n) is 3.88. The van der Waals surface area contributed by atoms with Gasteiger partial charge in [-0.3, -0.25) is 9.59 Å². The third-order valence-corrected chi connectivity index (χ3v) is 5.69. The van der Waals surface area contributed by atoms with Crippen molar-refractivity contribution in [3.63, 3.8) is 0 Å². The monoisotopic (exact) mass is 438 g/mol. The number of hydrogen-bond acceptors (Lipinski definition) is 6. The molecule has 33 heavy (non-hydrogen) atoms. The lowest BCUT2D eigenvalue weighted by Crippen LogP contribution is -2.20. The molecule has 1 aliphatic carbocycles. The third kappa shape index (κ3) is 4.17. The van der Waals surface area contributed by atoms with Gasteiger partial charge in [0.15, 0.2) is 11.6 Å². The van der Waals surface area contributed by atoms with Gasteiger partial charge in [0.2, 0.25) is 11.7 Å². The summed E-state index contributed by atoms with van der Waals surface area (Å²) in [6, 6.07) is 14.2. The predicted octanol–water partition coefficient (Wildman–Crippen LogP) is 5.15. The van der Waals surface area contributed by atoms with E-state index in [1.165, 1.54) is 6.20 Å². The van der Waals surface area contributed by atoms with E-state index >= 15 is 0 Å². The van der Waals surface area contributed by atoms with E-state index in [0.717, 1.165) is 17.5 Å². The molecule has 0 unspecified atom stereocenters. The highest BCUT2D eigenvalue weighted by molar-refractivity contribution is 6.21. The van der Waals surface area contributed by atoms with Crippen molar-refractivity contribution in [1.82, 2.24) is 19.9 Å². The minimum atomic E-state index is -0.210. The van der Waals surface area contributed by atoms with Crippen LogP contribution in [-0.4, -0.2) is 31.5 Å². The second-order valence-electron chi connectivity index (χ2n) is 8.74. The van der Waals surface area contributed by atoms with E-state index in [-0.39, 0.29) is 28.7 Å². The molecule has 0 fully saturated rings. The average molecular weight is 438 g/mol. The maximum atomic E-state index is 12.8. The Balaban J connectivity index is 1.40. The van der Waals surface area contributed by atoms with Gasteiger partial charge < -0.3 is 9.72 Å². The van der Waals surface area contributed by atoms with Gasteiger partial charge in [-0.1, -0.05) is 32.1 Å². The number of hydrogen-bond donors (Lipinski definition) is 1.